The lowest BCUT2D eigenvalue weighted by Crippen LogP contribution is -2.42. The van der Waals surface area contributed by atoms with E-state index in [9.17, 15) is 4.79 Å². The van der Waals surface area contributed by atoms with Gasteiger partial charge >= 0.3 is 0 Å². The van der Waals surface area contributed by atoms with Crippen molar-refractivity contribution in [1.29, 1.82) is 0 Å². The molecule has 21 heavy (non-hydrogen) atoms. The number of carbonyl (C=O) groups is 1. The van der Waals surface area contributed by atoms with Gasteiger partial charge in [-0.25, -0.2) is 4.98 Å². The quantitative estimate of drug-likeness (QED) is 0.780. The highest BCUT2D eigenvalue weighted by Crippen LogP contribution is 2.20. The van der Waals surface area contributed by atoms with Crippen LogP contribution >= 0.6 is 15.9 Å². The Morgan fingerprint density at radius 3 is 2.62 bits per heavy atom. The predicted molar refractivity (Wildman–Crippen MR) is 88.3 cm³/mol. The highest BCUT2D eigenvalue weighted by molar-refractivity contribution is 9.10. The summed E-state index contributed by atoms with van der Waals surface area (Å²) in [5, 5.41) is 0. The second-order valence-corrected chi connectivity index (χ2v) is 6.95. The van der Waals surface area contributed by atoms with Gasteiger partial charge in [0.2, 0.25) is 0 Å². The highest BCUT2D eigenvalue weighted by atomic mass is 79.9. The van der Waals surface area contributed by atoms with Crippen molar-refractivity contribution in [2.45, 2.75) is 32.7 Å². The minimum atomic E-state index is 0.102. The Bertz CT molecular complexity index is 467. The number of carbonyl (C=O) groups excluding carboxylic acids is 1. The Labute approximate surface area is 135 Å². The van der Waals surface area contributed by atoms with E-state index in [1.807, 2.05) is 17.0 Å². The third-order valence-corrected chi connectivity index (χ3v) is 4.77. The summed E-state index contributed by atoms with van der Waals surface area (Å²) >= 11 is 3.29. The molecular formula is C16H24BrN3O. The van der Waals surface area contributed by atoms with Crippen LogP contribution in [0.2, 0.25) is 0 Å². The van der Waals surface area contributed by atoms with Crippen LogP contribution in [0.1, 0.15) is 37.0 Å². The topological polar surface area (TPSA) is 36.4 Å². The first-order valence-corrected chi connectivity index (χ1v) is 8.37. The van der Waals surface area contributed by atoms with Crippen molar-refractivity contribution in [3.63, 3.8) is 0 Å². The molecule has 1 fully saturated rings. The molecule has 1 aromatic rings. The Balaban J connectivity index is 1.86. The number of piperidine rings is 1. The zero-order chi connectivity index (χ0) is 15.4. The van der Waals surface area contributed by atoms with Crippen LogP contribution in [0.5, 0.6) is 0 Å². The van der Waals surface area contributed by atoms with E-state index in [0.29, 0.717) is 17.5 Å². The molecule has 0 aliphatic carbocycles. The van der Waals surface area contributed by atoms with Crippen LogP contribution in [0.25, 0.3) is 0 Å². The first-order chi connectivity index (χ1) is 9.97. The largest absolute Gasteiger partial charge is 0.339 e. The molecule has 1 aliphatic rings. The summed E-state index contributed by atoms with van der Waals surface area (Å²) in [4.78, 5) is 20.9. The van der Waals surface area contributed by atoms with Crippen LogP contribution in [0.4, 0.5) is 0 Å². The monoisotopic (exact) mass is 353 g/mol. The lowest BCUT2D eigenvalue weighted by atomic mass is 9.95. The molecule has 2 rings (SSSR count). The SMILES string of the molecule is CC(C)N(C)CC1CCN(C(=O)c2ccc(Br)nc2)CC1. The van der Waals surface area contributed by atoms with Crippen molar-refractivity contribution in [2.75, 3.05) is 26.7 Å². The van der Waals surface area contributed by atoms with Crippen molar-refractivity contribution in [3.8, 4) is 0 Å². The van der Waals surface area contributed by atoms with Gasteiger partial charge in [0.1, 0.15) is 4.60 Å². The van der Waals surface area contributed by atoms with Gasteiger partial charge in [-0.3, -0.25) is 4.79 Å². The fourth-order valence-electron chi connectivity index (χ4n) is 2.62. The lowest BCUT2D eigenvalue weighted by Gasteiger charge is -2.35. The molecular weight excluding hydrogens is 330 g/mol. The number of hydrogen-bond donors (Lipinski definition) is 0. The molecule has 4 nitrogen and oxygen atoms in total. The molecule has 2 heterocycles. The third-order valence-electron chi connectivity index (χ3n) is 4.30. The normalized spacial score (nSPS) is 16.8. The summed E-state index contributed by atoms with van der Waals surface area (Å²) in [6, 6.07) is 4.23. The van der Waals surface area contributed by atoms with Gasteiger partial charge in [-0.1, -0.05) is 0 Å². The van der Waals surface area contributed by atoms with E-state index in [1.165, 1.54) is 0 Å². The lowest BCUT2D eigenvalue weighted by molar-refractivity contribution is 0.0666. The highest BCUT2D eigenvalue weighted by Gasteiger charge is 2.24. The smallest absolute Gasteiger partial charge is 0.255 e. The number of hydrogen-bond acceptors (Lipinski definition) is 3. The second-order valence-electron chi connectivity index (χ2n) is 6.14. The maximum Gasteiger partial charge on any atom is 0.255 e. The van der Waals surface area contributed by atoms with E-state index in [1.54, 1.807) is 6.20 Å². The van der Waals surface area contributed by atoms with Gasteiger partial charge in [0, 0.05) is 31.9 Å². The van der Waals surface area contributed by atoms with Crippen LogP contribution < -0.4 is 0 Å². The summed E-state index contributed by atoms with van der Waals surface area (Å²) in [5.41, 5.74) is 0.677. The number of nitrogens with zero attached hydrogens (tertiary/aromatic N) is 3. The maximum atomic E-state index is 12.4. The Hall–Kier alpha value is -0.940. The molecule has 0 bridgehead atoms. The number of halogens is 1. The van der Waals surface area contributed by atoms with Gasteiger partial charge in [0.05, 0.1) is 5.56 Å². The Morgan fingerprint density at radius 2 is 2.10 bits per heavy atom. The van der Waals surface area contributed by atoms with Gasteiger partial charge in [-0.05, 0) is 67.7 Å². The maximum absolute atomic E-state index is 12.4. The molecule has 5 heteroatoms. The molecule has 116 valence electrons. The molecule has 1 aliphatic heterocycles. The van der Waals surface area contributed by atoms with Gasteiger partial charge in [-0.2, -0.15) is 0 Å². The van der Waals surface area contributed by atoms with Gasteiger partial charge < -0.3 is 9.80 Å². The number of aromatic nitrogens is 1. The summed E-state index contributed by atoms with van der Waals surface area (Å²) < 4.78 is 0.759. The van der Waals surface area contributed by atoms with Crippen LogP contribution in [0.3, 0.4) is 0 Å². The summed E-state index contributed by atoms with van der Waals surface area (Å²) in [7, 11) is 2.18. The van der Waals surface area contributed by atoms with Gasteiger partial charge in [0.15, 0.2) is 0 Å². The molecule has 0 radical (unpaired) electrons. The molecule has 0 N–H and O–H groups in total. The van der Waals surface area contributed by atoms with Crippen molar-refractivity contribution in [3.05, 3.63) is 28.5 Å². The molecule has 0 spiro atoms. The predicted octanol–water partition coefficient (Wildman–Crippen LogP) is 3.04. The van der Waals surface area contributed by atoms with Crippen molar-refractivity contribution in [1.82, 2.24) is 14.8 Å². The summed E-state index contributed by atoms with van der Waals surface area (Å²) in [5.74, 6) is 0.801. The van der Waals surface area contributed by atoms with E-state index in [2.05, 4.69) is 46.7 Å². The van der Waals surface area contributed by atoms with Crippen molar-refractivity contribution < 1.29 is 4.79 Å². The van der Waals surface area contributed by atoms with Crippen LogP contribution in [-0.4, -0.2) is 53.4 Å². The molecule has 0 saturated carbocycles. The minimum absolute atomic E-state index is 0.102. The van der Waals surface area contributed by atoms with E-state index in [0.717, 1.165) is 37.1 Å². The zero-order valence-corrected chi connectivity index (χ0v) is 14.6. The standard InChI is InChI=1S/C16H24BrN3O/c1-12(2)19(3)11-13-6-8-20(9-7-13)16(21)14-4-5-15(17)18-10-14/h4-5,10,12-13H,6-9,11H2,1-3H3. The van der Waals surface area contributed by atoms with Gasteiger partial charge in [-0.15, -0.1) is 0 Å². The van der Waals surface area contributed by atoms with Crippen LogP contribution in [-0.2, 0) is 0 Å². The average Bonchev–Trinajstić information content (AvgIpc) is 2.48. The summed E-state index contributed by atoms with van der Waals surface area (Å²) in [6.07, 6.45) is 3.82. The number of amides is 1. The molecule has 1 aromatic heterocycles. The van der Waals surface area contributed by atoms with E-state index < -0.39 is 0 Å². The van der Waals surface area contributed by atoms with Crippen molar-refractivity contribution >= 4 is 21.8 Å². The first-order valence-electron chi connectivity index (χ1n) is 7.58. The second kappa shape index (κ2) is 7.36. The van der Waals surface area contributed by atoms with Crippen molar-refractivity contribution in [2.24, 2.45) is 5.92 Å². The third kappa shape index (κ3) is 4.51. The van der Waals surface area contributed by atoms with Gasteiger partial charge in [0.25, 0.3) is 5.91 Å². The fourth-order valence-corrected chi connectivity index (χ4v) is 2.86. The molecule has 0 unspecified atom stereocenters. The van der Waals surface area contributed by atoms with E-state index in [4.69, 9.17) is 0 Å². The number of rotatable bonds is 4. The number of likely N-dealkylation sites (tertiary alicyclic amines) is 1. The number of pyridine rings is 1. The van der Waals surface area contributed by atoms with E-state index >= 15 is 0 Å². The summed E-state index contributed by atoms with van der Waals surface area (Å²) in [6.45, 7) is 7.27. The molecule has 0 aromatic carbocycles. The first kappa shape index (κ1) is 16.4. The fraction of sp³-hybridized carbons (Fsp3) is 0.625. The average molecular weight is 354 g/mol. The Morgan fingerprint density at radius 1 is 1.43 bits per heavy atom. The van der Waals surface area contributed by atoms with E-state index in [-0.39, 0.29) is 5.91 Å². The Kier molecular flexibility index (Phi) is 5.76. The molecule has 1 amide bonds. The minimum Gasteiger partial charge on any atom is -0.339 e. The van der Waals surface area contributed by atoms with Crippen LogP contribution in [0.15, 0.2) is 22.9 Å². The molecule has 1 saturated heterocycles. The zero-order valence-electron chi connectivity index (χ0n) is 13.1. The molecule has 0 atom stereocenters. The van der Waals surface area contributed by atoms with Crippen LogP contribution in [0, 0.1) is 5.92 Å².